The molecule has 0 aromatic carbocycles. The Bertz CT molecular complexity index is 4800. The Kier molecular flexibility index (Phi) is 22.9. The molecule has 19 fully saturated rings. The quantitative estimate of drug-likeness (QED) is 0.0437. The number of carbonyl (C=O) groups excluding carboxylic acids is 3. The summed E-state index contributed by atoms with van der Waals surface area (Å²) in [5.41, 5.74) is -1.40. The summed E-state index contributed by atoms with van der Waals surface area (Å²) in [6.45, 7) is 45.4. The fraction of sp³-hybridized carbons (Fsp3) is 0.916. The largest absolute Gasteiger partial charge is 0.457 e. The van der Waals surface area contributed by atoms with E-state index in [9.17, 15) is 85.9 Å². The third-order valence-corrected chi connectivity index (χ3v) is 44.9. The number of ketones is 2. The van der Waals surface area contributed by atoms with Gasteiger partial charge >= 0.3 is 5.97 Å². The number of allylic oxidation sites excluding steroid dienone is 4. The Balaban J connectivity index is 0.000000126. The summed E-state index contributed by atoms with van der Waals surface area (Å²) < 4.78 is 67.5. The first-order chi connectivity index (χ1) is 62.5. The first-order valence-corrected chi connectivity index (χ1v) is 52.0. The van der Waals surface area contributed by atoms with Crippen molar-refractivity contribution in [2.45, 2.75) is 457 Å². The van der Waals surface area contributed by atoms with E-state index in [1.165, 1.54) is 23.6 Å². The predicted molar refractivity (Wildman–Crippen MR) is 488 cm³/mol. The van der Waals surface area contributed by atoms with Crippen LogP contribution in [-0.4, -0.2) is 272 Å². The normalized spacial score (nSPS) is 55.9. The fourth-order valence-electron chi connectivity index (χ4n) is 38.0. The molecule has 22 rings (SSSR count). The highest BCUT2D eigenvalue weighted by atomic mass is 16.8. The lowest BCUT2D eigenvalue weighted by Crippen LogP contribution is -2.61. The number of aliphatic hydroxyl groups excluding tert-OH is 11. The van der Waals surface area contributed by atoms with Crippen molar-refractivity contribution in [3.63, 3.8) is 0 Å². The van der Waals surface area contributed by atoms with Gasteiger partial charge in [0.25, 0.3) is 0 Å². The number of hydrogen-bond donors (Lipinski definition) is 14. The number of hydrogen-bond acceptors (Lipinski definition) is 28. The van der Waals surface area contributed by atoms with Gasteiger partial charge in [-0.2, -0.15) is 0 Å². The van der Waals surface area contributed by atoms with E-state index < -0.39 is 149 Å². The van der Waals surface area contributed by atoms with Crippen LogP contribution in [-0.2, 0) is 66.5 Å². The van der Waals surface area contributed by atoms with Crippen LogP contribution in [0.1, 0.15) is 294 Å². The SMILES string of the molecule is CC(=O)O[C@H]([C@H]1C[C@@H](C)[C@H]2[C@@](O)(O1)[C@H](O)[C@@]1(C)C3=CCC4C(C)(C)[C@@H](O[C@@H]5OC[C@@H](O)[C@@H](O)C5O)CC[C@@]45C[C@@]35CC[C@]21C)C(C)(C)O.C[C@@H]1C[C@H]2O[C@]3(O[C@H]2C(C)(C)O)[C@H]1[C@@]1(C)CC[C@@]24C[C@@]25CC[C@H](O[C@@H]2OC[C@@H](O)[C@@H](O)C2O)C(C)(C)C5CC=C4[C@]1(C)[C@H]3O.C[C@H](CC(=O)C1OC1(C)C)[C@H]1C(=O)C[C@@]2(C)C3=CCC4C(C)(C)[C@@H](O[C@@H]5OC[C@@H](O)[C@@H](O)C5O)CC[C@@]45C[C@@]35CC[C@]12C. The van der Waals surface area contributed by atoms with Crippen LogP contribution in [0.3, 0.4) is 0 Å². The van der Waals surface area contributed by atoms with Gasteiger partial charge in [0.2, 0.25) is 0 Å². The van der Waals surface area contributed by atoms with E-state index in [0.717, 1.165) is 122 Å². The number of Topliss-reactive ketones (excluding diaryl/α,β-unsaturated/α-hetero) is 2. The number of carbonyl (C=O) groups is 3. The van der Waals surface area contributed by atoms with Gasteiger partial charge in [0.1, 0.15) is 91.2 Å². The highest BCUT2D eigenvalue weighted by Gasteiger charge is 2.90. The van der Waals surface area contributed by atoms with Crippen molar-refractivity contribution < 1.29 is 138 Å². The minimum Gasteiger partial charge on any atom is -0.457 e. The molecule has 0 aromatic heterocycles. The summed E-state index contributed by atoms with van der Waals surface area (Å²) in [5, 5.41) is 152. The van der Waals surface area contributed by atoms with E-state index in [1.807, 2.05) is 13.8 Å². The van der Waals surface area contributed by atoms with Crippen molar-refractivity contribution in [1.82, 2.24) is 0 Å². The maximum atomic E-state index is 13.9. The van der Waals surface area contributed by atoms with E-state index in [-0.39, 0.29) is 162 Å². The van der Waals surface area contributed by atoms with Crippen LogP contribution in [0.25, 0.3) is 0 Å². The van der Waals surface area contributed by atoms with Crippen LogP contribution in [0, 0.1) is 134 Å². The molecular weight excluding hydrogens is 1730 g/mol. The van der Waals surface area contributed by atoms with Crippen LogP contribution in [0.15, 0.2) is 34.9 Å². The minimum atomic E-state index is -1.90. The molecule has 7 unspecified atom stereocenters. The Labute approximate surface area is 797 Å². The van der Waals surface area contributed by atoms with Gasteiger partial charge in [-0.05, 0) is 270 Å². The molecule has 0 radical (unpaired) electrons. The second kappa shape index (κ2) is 31.1. The molecule has 7 spiro atoms. The van der Waals surface area contributed by atoms with Gasteiger partial charge in [-0.15, -0.1) is 0 Å². The number of rotatable bonds is 14. The first kappa shape index (κ1) is 99.4. The molecule has 14 N–H and O–H groups in total. The standard InChI is InChI=1S/C37H58O11.C35H54O9.C35H52O8/c1-18-15-21(28(32(5,6)43)46-19(2)38)48-37(44)27(18)33(7)13-14-36-17-35(36)12-11-24(47-29-26(41)25(40)20(39)16-45-29)31(3,4)22(35)9-10-23(36)34(33,8)30(37)42;1-17-14-19-26(30(4,5)40)44-35(43-19)25(17)31(6)12-13-34-16-33(34)11-10-22(42-27-24(38)23(37)18(36)15-41-27)29(2,3)20(33)8-9-21(34)32(31,7)28(35)39;1-18(14-19(36)28-31(4,5)43-28)25-20(37)15-33(7)23-9-8-22-30(2,3)24(42-29-27(40)26(39)21(38)16-41-29)10-11-34(22)17-35(23,34)13-12-32(25,33)6/h10,18,20-22,24-30,39-44H,9,11-17H2,1-8H3;9,17-20,22-28,36-40H,8,10-16H2,1-7H3;9,18,21-22,24-29,38-40H,8,10-17H2,1-7H3/t18-,20-,21-,22?,24+,25-,26?,27-,28-,29+,30-,33-,34-,35-,36+,37-;17-,18-,19-,20?,22+,23-,24?,25-,26-,27+,28-,31-,32-,33-,34+,35+;18-,21-,22?,24+,25+,26-,27?,28?,29+,32-,33+,34-,35+/m111/s1. The zero-order valence-corrected chi connectivity index (χ0v) is 84.3. The number of fused-ring (bicyclic) bond motifs is 10. The molecule has 760 valence electrons. The molecule has 22 aliphatic rings. The second-order valence-electron chi connectivity index (χ2n) is 53.4. The lowest BCUT2D eigenvalue weighted by Gasteiger charge is -2.60. The Hall–Kier alpha value is -2.93. The molecule has 28 nitrogen and oxygen atoms in total. The van der Waals surface area contributed by atoms with Gasteiger partial charge in [-0.25, -0.2) is 0 Å². The van der Waals surface area contributed by atoms with Gasteiger partial charge in [-0.1, -0.05) is 139 Å². The molecule has 45 atom stereocenters. The van der Waals surface area contributed by atoms with Crippen molar-refractivity contribution in [2.75, 3.05) is 19.8 Å². The van der Waals surface area contributed by atoms with Crippen molar-refractivity contribution in [3.8, 4) is 0 Å². The second-order valence-corrected chi connectivity index (χ2v) is 53.4. The van der Waals surface area contributed by atoms with Crippen LogP contribution >= 0.6 is 0 Å². The van der Waals surface area contributed by atoms with Crippen LogP contribution in [0.5, 0.6) is 0 Å². The average molecular weight is 1900 g/mol. The molecule has 2 bridgehead atoms. The molecule has 12 saturated carbocycles. The molecule has 7 saturated heterocycles. The fourth-order valence-corrected chi connectivity index (χ4v) is 38.0. The van der Waals surface area contributed by atoms with Crippen molar-refractivity contribution in [1.29, 1.82) is 0 Å². The minimum absolute atomic E-state index is 0.00511. The molecule has 7 heterocycles. The molecular formula is C107H164O28. The topological polar surface area (TPSA) is 439 Å². The van der Waals surface area contributed by atoms with Gasteiger partial charge < -0.3 is 124 Å². The first-order valence-electron chi connectivity index (χ1n) is 52.0. The molecule has 15 aliphatic carbocycles. The smallest absolute Gasteiger partial charge is 0.303 e. The summed E-state index contributed by atoms with van der Waals surface area (Å²) >= 11 is 0. The summed E-state index contributed by atoms with van der Waals surface area (Å²) in [5.74, 6) is -2.32. The lowest BCUT2D eigenvalue weighted by atomic mass is 9.44. The van der Waals surface area contributed by atoms with Gasteiger partial charge in [0.15, 0.2) is 42.3 Å². The predicted octanol–water partition coefficient (Wildman–Crippen LogP) is 9.73. The Morgan fingerprint density at radius 3 is 1.30 bits per heavy atom. The summed E-state index contributed by atoms with van der Waals surface area (Å²) in [7, 11) is 0. The molecule has 135 heavy (non-hydrogen) atoms. The highest BCUT2D eigenvalue weighted by Crippen LogP contribution is 2.93. The van der Waals surface area contributed by atoms with Crippen LogP contribution in [0.2, 0.25) is 0 Å². The van der Waals surface area contributed by atoms with E-state index in [4.69, 9.17) is 52.1 Å². The summed E-state index contributed by atoms with van der Waals surface area (Å²) in [4.78, 5) is 39.0. The number of epoxide rings is 1. The monoisotopic (exact) mass is 1900 g/mol. The van der Waals surface area contributed by atoms with E-state index in [2.05, 4.69) is 122 Å². The van der Waals surface area contributed by atoms with Crippen molar-refractivity contribution in [3.05, 3.63) is 34.9 Å². The van der Waals surface area contributed by atoms with Crippen LogP contribution < -0.4 is 0 Å². The molecule has 0 aromatic rings. The zero-order valence-electron chi connectivity index (χ0n) is 84.3. The van der Waals surface area contributed by atoms with E-state index in [1.54, 1.807) is 27.7 Å². The maximum Gasteiger partial charge on any atom is 0.303 e. The Morgan fingerprint density at radius 2 is 0.889 bits per heavy atom. The number of ether oxygens (including phenoxy) is 11. The van der Waals surface area contributed by atoms with Gasteiger partial charge in [0.05, 0.1) is 61.0 Å². The lowest BCUT2D eigenvalue weighted by molar-refractivity contribution is -0.341. The van der Waals surface area contributed by atoms with Crippen molar-refractivity contribution in [2.24, 2.45) is 134 Å². The third-order valence-electron chi connectivity index (χ3n) is 44.9. The molecule has 0 amide bonds. The van der Waals surface area contributed by atoms with E-state index in [0.29, 0.717) is 42.8 Å². The number of esters is 1. The van der Waals surface area contributed by atoms with Crippen LogP contribution in [0.4, 0.5) is 0 Å². The summed E-state index contributed by atoms with van der Waals surface area (Å²) in [6, 6.07) is 0. The maximum absolute atomic E-state index is 13.9. The van der Waals surface area contributed by atoms with Gasteiger partial charge in [0, 0.05) is 53.8 Å². The number of aliphatic hydroxyl groups is 14. The van der Waals surface area contributed by atoms with Gasteiger partial charge in [-0.3, -0.25) is 14.4 Å². The Morgan fingerprint density at radius 1 is 0.496 bits per heavy atom. The van der Waals surface area contributed by atoms with Crippen molar-refractivity contribution >= 4 is 17.5 Å². The third kappa shape index (κ3) is 13.0. The molecule has 28 heteroatoms. The molecule has 7 aliphatic heterocycles. The average Bonchev–Trinajstić information content (AvgIpc) is 1.45. The zero-order chi connectivity index (χ0) is 97.9. The van der Waals surface area contributed by atoms with E-state index >= 15 is 0 Å². The highest BCUT2D eigenvalue weighted by molar-refractivity contribution is 5.90. The summed E-state index contributed by atoms with van der Waals surface area (Å²) in [6.07, 6.45) is 7.14.